The third-order valence-corrected chi connectivity index (χ3v) is 4.62. The second-order valence-corrected chi connectivity index (χ2v) is 5.83. The molecule has 0 radical (unpaired) electrons. The summed E-state index contributed by atoms with van der Waals surface area (Å²) in [5, 5.41) is 3.52. The van der Waals surface area contributed by atoms with Crippen LogP contribution in [0.2, 0.25) is 0 Å². The topological polar surface area (TPSA) is 15.3 Å². The molecule has 1 heterocycles. The number of hydrogen-bond donors (Lipinski definition) is 1. The predicted molar refractivity (Wildman–Crippen MR) is 79.7 cm³/mol. The molecular formula is C16H23F3N2. The summed E-state index contributed by atoms with van der Waals surface area (Å²) >= 11 is 0. The molecule has 1 aromatic carbocycles. The summed E-state index contributed by atoms with van der Waals surface area (Å²) in [6, 6.07) is 4.66. The van der Waals surface area contributed by atoms with Crippen LogP contribution in [-0.2, 0) is 6.18 Å². The second-order valence-electron chi connectivity index (χ2n) is 5.83. The van der Waals surface area contributed by atoms with Gasteiger partial charge in [-0.1, -0.05) is 19.9 Å². The zero-order chi connectivity index (χ0) is 15.7. The molecule has 0 aliphatic carbocycles. The number of benzene rings is 1. The number of piperazine rings is 1. The van der Waals surface area contributed by atoms with Crippen LogP contribution in [0, 0.1) is 6.92 Å². The highest BCUT2D eigenvalue weighted by atomic mass is 19.4. The third kappa shape index (κ3) is 3.34. The van der Waals surface area contributed by atoms with Crippen molar-refractivity contribution in [3.63, 3.8) is 0 Å². The molecule has 1 N–H and O–H groups in total. The van der Waals surface area contributed by atoms with Gasteiger partial charge in [-0.05, 0) is 37.5 Å². The van der Waals surface area contributed by atoms with E-state index in [2.05, 4.69) is 24.1 Å². The molecule has 0 saturated carbocycles. The van der Waals surface area contributed by atoms with E-state index in [1.807, 2.05) is 0 Å². The van der Waals surface area contributed by atoms with Crippen molar-refractivity contribution >= 4 is 5.69 Å². The molecule has 118 valence electrons. The smallest absolute Gasteiger partial charge is 0.368 e. The van der Waals surface area contributed by atoms with E-state index in [9.17, 15) is 13.2 Å². The second kappa shape index (κ2) is 5.87. The fourth-order valence-corrected chi connectivity index (χ4v) is 3.01. The van der Waals surface area contributed by atoms with E-state index < -0.39 is 11.7 Å². The Morgan fingerprint density at radius 2 is 1.90 bits per heavy atom. The predicted octanol–water partition coefficient (Wildman–Crippen LogP) is 3.98. The van der Waals surface area contributed by atoms with Crippen molar-refractivity contribution in [2.75, 3.05) is 24.5 Å². The van der Waals surface area contributed by atoms with Gasteiger partial charge in [-0.3, -0.25) is 0 Å². The highest BCUT2D eigenvalue weighted by molar-refractivity contribution is 5.52. The highest BCUT2D eigenvalue weighted by Crippen LogP contribution is 2.35. The lowest BCUT2D eigenvalue weighted by Crippen LogP contribution is -2.60. The average Bonchev–Trinajstić information content (AvgIpc) is 2.46. The number of rotatable bonds is 3. The Kier molecular flexibility index (Phi) is 4.51. The molecule has 0 bridgehead atoms. The first-order valence-electron chi connectivity index (χ1n) is 7.49. The molecule has 1 saturated heterocycles. The minimum Gasteiger partial charge on any atom is -0.368 e. The molecular weight excluding hydrogens is 277 g/mol. The number of halogens is 3. The Balaban J connectivity index is 2.30. The summed E-state index contributed by atoms with van der Waals surface area (Å²) in [5.74, 6) is 0. The zero-order valence-corrected chi connectivity index (χ0v) is 12.8. The molecule has 0 aromatic heterocycles. The van der Waals surface area contributed by atoms with Gasteiger partial charge in [0.2, 0.25) is 0 Å². The van der Waals surface area contributed by atoms with Crippen LogP contribution < -0.4 is 10.2 Å². The van der Waals surface area contributed by atoms with Gasteiger partial charge in [0, 0.05) is 30.9 Å². The van der Waals surface area contributed by atoms with Gasteiger partial charge in [0.05, 0.1) is 5.56 Å². The van der Waals surface area contributed by atoms with Crippen LogP contribution >= 0.6 is 0 Å². The van der Waals surface area contributed by atoms with Crippen molar-refractivity contribution in [3.8, 4) is 0 Å². The van der Waals surface area contributed by atoms with E-state index in [1.165, 1.54) is 13.0 Å². The van der Waals surface area contributed by atoms with Gasteiger partial charge in [-0.15, -0.1) is 0 Å². The molecule has 0 unspecified atom stereocenters. The maximum absolute atomic E-state index is 13.0. The fourth-order valence-electron chi connectivity index (χ4n) is 3.01. The summed E-state index contributed by atoms with van der Waals surface area (Å²) in [5.41, 5.74) is 0.415. The van der Waals surface area contributed by atoms with E-state index in [4.69, 9.17) is 0 Å². The highest BCUT2D eigenvalue weighted by Gasteiger charge is 2.35. The largest absolute Gasteiger partial charge is 0.416 e. The van der Waals surface area contributed by atoms with Gasteiger partial charge in [0.15, 0.2) is 0 Å². The molecule has 1 aromatic rings. The number of nitrogens with zero attached hydrogens (tertiary/aromatic N) is 1. The molecule has 0 atom stereocenters. The minimum absolute atomic E-state index is 0.00152. The van der Waals surface area contributed by atoms with E-state index in [1.54, 1.807) is 12.1 Å². The monoisotopic (exact) mass is 300 g/mol. The number of alkyl halides is 3. The van der Waals surface area contributed by atoms with E-state index in [0.29, 0.717) is 5.69 Å². The normalized spacial score (nSPS) is 18.9. The first kappa shape index (κ1) is 16.1. The Morgan fingerprint density at radius 1 is 1.24 bits per heavy atom. The lowest BCUT2D eigenvalue weighted by Gasteiger charge is -2.44. The van der Waals surface area contributed by atoms with E-state index >= 15 is 0 Å². The van der Waals surface area contributed by atoms with Gasteiger partial charge in [0.1, 0.15) is 0 Å². The van der Waals surface area contributed by atoms with Crippen molar-refractivity contribution in [1.82, 2.24) is 5.32 Å². The number of aryl methyl sites for hydroxylation is 1. The zero-order valence-electron chi connectivity index (χ0n) is 12.8. The SMILES string of the molecule is CCC1(CC)CN(c2ccc(C)c(C(F)(F)F)c2)CCN1. The van der Waals surface area contributed by atoms with Gasteiger partial charge < -0.3 is 10.2 Å². The Labute approximate surface area is 124 Å². The van der Waals surface area contributed by atoms with Gasteiger partial charge >= 0.3 is 6.18 Å². The van der Waals surface area contributed by atoms with Crippen LogP contribution in [0.25, 0.3) is 0 Å². The standard InChI is InChI=1S/C16H23F3N2/c1-4-15(5-2)11-21(9-8-20-15)13-7-6-12(3)14(10-13)16(17,18)19/h6-7,10,20H,4-5,8-9,11H2,1-3H3. The van der Waals surface area contributed by atoms with Crippen molar-refractivity contribution < 1.29 is 13.2 Å². The van der Waals surface area contributed by atoms with Gasteiger partial charge in [0.25, 0.3) is 0 Å². The fraction of sp³-hybridized carbons (Fsp3) is 0.625. The molecule has 0 spiro atoms. The summed E-state index contributed by atoms with van der Waals surface area (Å²) in [4.78, 5) is 2.07. The summed E-state index contributed by atoms with van der Waals surface area (Å²) in [7, 11) is 0. The van der Waals surface area contributed by atoms with Crippen molar-refractivity contribution in [2.45, 2.75) is 45.3 Å². The minimum atomic E-state index is -4.29. The summed E-state index contributed by atoms with van der Waals surface area (Å²) in [6.45, 7) is 8.04. The van der Waals surface area contributed by atoms with Gasteiger partial charge in [-0.25, -0.2) is 0 Å². The molecule has 1 aliphatic heterocycles. The summed E-state index contributed by atoms with van der Waals surface area (Å²) in [6.07, 6.45) is -2.35. The molecule has 21 heavy (non-hydrogen) atoms. The number of anilines is 1. The molecule has 1 fully saturated rings. The van der Waals surface area contributed by atoms with Crippen LogP contribution in [0.3, 0.4) is 0 Å². The molecule has 2 nitrogen and oxygen atoms in total. The summed E-state index contributed by atoms with van der Waals surface area (Å²) < 4.78 is 39.1. The molecule has 2 rings (SSSR count). The van der Waals surface area contributed by atoms with E-state index in [0.717, 1.165) is 32.5 Å². The molecule has 0 amide bonds. The van der Waals surface area contributed by atoms with Crippen molar-refractivity contribution in [1.29, 1.82) is 0 Å². The quantitative estimate of drug-likeness (QED) is 0.908. The van der Waals surface area contributed by atoms with Crippen LogP contribution in [-0.4, -0.2) is 25.2 Å². The maximum Gasteiger partial charge on any atom is 0.416 e. The van der Waals surface area contributed by atoms with Crippen molar-refractivity contribution in [2.24, 2.45) is 0 Å². The molecule has 1 aliphatic rings. The Bertz CT molecular complexity index is 493. The lowest BCUT2D eigenvalue weighted by atomic mass is 9.90. The van der Waals surface area contributed by atoms with Crippen LogP contribution in [0.4, 0.5) is 18.9 Å². The van der Waals surface area contributed by atoms with Crippen LogP contribution in [0.15, 0.2) is 18.2 Å². The number of nitrogens with one attached hydrogen (secondary N) is 1. The van der Waals surface area contributed by atoms with Crippen molar-refractivity contribution in [3.05, 3.63) is 29.3 Å². The maximum atomic E-state index is 13.0. The Morgan fingerprint density at radius 3 is 2.48 bits per heavy atom. The lowest BCUT2D eigenvalue weighted by molar-refractivity contribution is -0.138. The first-order chi connectivity index (χ1) is 9.81. The van der Waals surface area contributed by atoms with Crippen LogP contribution in [0.5, 0.6) is 0 Å². The third-order valence-electron chi connectivity index (χ3n) is 4.62. The number of hydrogen-bond acceptors (Lipinski definition) is 2. The van der Waals surface area contributed by atoms with E-state index in [-0.39, 0.29) is 11.1 Å². The molecule has 5 heteroatoms. The van der Waals surface area contributed by atoms with Gasteiger partial charge in [-0.2, -0.15) is 13.2 Å². The Hall–Kier alpha value is -1.23. The first-order valence-corrected chi connectivity index (χ1v) is 7.49. The average molecular weight is 300 g/mol. The van der Waals surface area contributed by atoms with Crippen LogP contribution in [0.1, 0.15) is 37.8 Å².